The smallest absolute Gasteiger partial charge is 0.338 e. The first-order chi connectivity index (χ1) is 16.9. The van der Waals surface area contributed by atoms with Crippen LogP contribution in [0.2, 0.25) is 5.02 Å². The molecule has 1 atom stereocenters. The number of rotatable bonds is 5. The third-order valence-electron chi connectivity index (χ3n) is 6.25. The summed E-state index contributed by atoms with van der Waals surface area (Å²) in [7, 11) is 0. The summed E-state index contributed by atoms with van der Waals surface area (Å²) in [6.45, 7) is -0.451. The monoisotopic (exact) mass is 488 g/mol. The normalized spacial score (nSPS) is 16.5. The van der Waals surface area contributed by atoms with Gasteiger partial charge in [0, 0.05) is 0 Å². The lowest BCUT2D eigenvalue weighted by Gasteiger charge is -2.26. The van der Waals surface area contributed by atoms with E-state index in [-0.39, 0.29) is 33.4 Å². The van der Waals surface area contributed by atoms with Crippen LogP contribution in [0.3, 0.4) is 0 Å². The van der Waals surface area contributed by atoms with E-state index < -0.39 is 30.3 Å². The largest absolute Gasteiger partial charge is 0.452 e. The Morgan fingerprint density at radius 3 is 2.54 bits per heavy atom. The number of nitrogens with zero attached hydrogens (tertiary/aromatic N) is 1. The fourth-order valence-corrected chi connectivity index (χ4v) is 4.79. The highest BCUT2D eigenvalue weighted by Crippen LogP contribution is 2.33. The number of para-hydroxylation sites is 1. The number of aryl methyl sites for hydroxylation is 1. The SMILES string of the molecule is O=C(COC(=O)c1ccc2c(c1)C(=O)N(c1ccccc1Cl)C2=O)N[C@@H]1CCCc2ccccc21. The van der Waals surface area contributed by atoms with E-state index in [2.05, 4.69) is 11.4 Å². The quantitative estimate of drug-likeness (QED) is 0.422. The summed E-state index contributed by atoms with van der Waals surface area (Å²) in [5.74, 6) is -2.27. The molecule has 0 unspecified atom stereocenters. The molecule has 1 N–H and O–H groups in total. The summed E-state index contributed by atoms with van der Waals surface area (Å²) in [5, 5.41) is 3.19. The predicted octanol–water partition coefficient (Wildman–Crippen LogP) is 4.49. The Labute approximate surface area is 206 Å². The molecule has 7 nitrogen and oxygen atoms in total. The summed E-state index contributed by atoms with van der Waals surface area (Å²) in [5.41, 5.74) is 2.88. The van der Waals surface area contributed by atoms with E-state index in [1.807, 2.05) is 18.2 Å². The Morgan fingerprint density at radius 2 is 1.71 bits per heavy atom. The number of esters is 1. The zero-order valence-electron chi connectivity index (χ0n) is 18.6. The minimum absolute atomic E-state index is 0.0710. The van der Waals surface area contributed by atoms with Crippen LogP contribution in [0.1, 0.15) is 61.1 Å². The first kappa shape index (κ1) is 22.8. The molecular weight excluding hydrogens is 468 g/mol. The van der Waals surface area contributed by atoms with Gasteiger partial charge in [0.05, 0.1) is 33.4 Å². The number of hydrogen-bond donors (Lipinski definition) is 1. The lowest BCUT2D eigenvalue weighted by atomic mass is 9.88. The molecule has 35 heavy (non-hydrogen) atoms. The molecule has 0 fully saturated rings. The number of halogens is 1. The first-order valence-corrected chi connectivity index (χ1v) is 11.6. The fourth-order valence-electron chi connectivity index (χ4n) is 4.57. The van der Waals surface area contributed by atoms with Gasteiger partial charge in [-0.1, -0.05) is 48.0 Å². The minimum Gasteiger partial charge on any atom is -0.452 e. The maximum absolute atomic E-state index is 13.0. The van der Waals surface area contributed by atoms with Crippen molar-refractivity contribution in [1.82, 2.24) is 5.32 Å². The second-order valence-corrected chi connectivity index (χ2v) is 8.85. The van der Waals surface area contributed by atoms with Crippen LogP contribution in [0, 0.1) is 0 Å². The van der Waals surface area contributed by atoms with Crippen molar-refractivity contribution >= 4 is 41.0 Å². The van der Waals surface area contributed by atoms with Gasteiger partial charge >= 0.3 is 5.97 Å². The summed E-state index contributed by atoms with van der Waals surface area (Å²) >= 11 is 6.17. The van der Waals surface area contributed by atoms with Gasteiger partial charge in [0.25, 0.3) is 17.7 Å². The number of carbonyl (C=O) groups is 4. The fraction of sp³-hybridized carbons (Fsp3) is 0.185. The van der Waals surface area contributed by atoms with Crippen LogP contribution >= 0.6 is 11.6 Å². The van der Waals surface area contributed by atoms with Crippen molar-refractivity contribution in [2.75, 3.05) is 11.5 Å². The minimum atomic E-state index is -0.761. The van der Waals surface area contributed by atoms with Gasteiger partial charge in [-0.15, -0.1) is 0 Å². The maximum Gasteiger partial charge on any atom is 0.338 e. The van der Waals surface area contributed by atoms with E-state index in [0.717, 1.165) is 29.7 Å². The molecule has 3 amide bonds. The standard InChI is InChI=1S/C27H21ClN2O5/c28-21-9-3-4-11-23(21)30-25(32)19-13-12-17(14-20(19)26(30)33)27(34)35-15-24(31)29-22-10-5-7-16-6-1-2-8-18(16)22/h1-4,6,8-9,11-14,22H,5,7,10,15H2,(H,29,31)/t22-/m1/s1. The van der Waals surface area contributed by atoms with Crippen molar-refractivity contribution in [1.29, 1.82) is 0 Å². The second kappa shape index (κ2) is 9.35. The molecule has 5 rings (SSSR count). The lowest BCUT2D eigenvalue weighted by molar-refractivity contribution is -0.125. The second-order valence-electron chi connectivity index (χ2n) is 8.44. The predicted molar refractivity (Wildman–Crippen MR) is 130 cm³/mol. The van der Waals surface area contributed by atoms with E-state index in [1.165, 1.54) is 23.8 Å². The summed E-state index contributed by atoms with van der Waals surface area (Å²) in [4.78, 5) is 51.8. The zero-order chi connectivity index (χ0) is 24.5. The molecule has 0 aromatic heterocycles. The Balaban J connectivity index is 1.25. The van der Waals surface area contributed by atoms with Crippen LogP contribution in [0.15, 0.2) is 66.7 Å². The molecule has 1 aliphatic heterocycles. The van der Waals surface area contributed by atoms with Gasteiger partial charge in [-0.05, 0) is 60.7 Å². The van der Waals surface area contributed by atoms with Gasteiger partial charge < -0.3 is 10.1 Å². The number of hydrogen-bond acceptors (Lipinski definition) is 5. The first-order valence-electron chi connectivity index (χ1n) is 11.3. The molecule has 1 heterocycles. The van der Waals surface area contributed by atoms with Crippen molar-refractivity contribution < 1.29 is 23.9 Å². The molecule has 0 saturated heterocycles. The van der Waals surface area contributed by atoms with Gasteiger partial charge in [0.1, 0.15) is 0 Å². The number of amides is 3. The topological polar surface area (TPSA) is 92.8 Å². The summed E-state index contributed by atoms with van der Waals surface area (Å²) in [6.07, 6.45) is 2.76. The number of fused-ring (bicyclic) bond motifs is 2. The Morgan fingerprint density at radius 1 is 0.971 bits per heavy atom. The van der Waals surface area contributed by atoms with Gasteiger partial charge in [0.2, 0.25) is 0 Å². The highest BCUT2D eigenvalue weighted by molar-refractivity contribution is 6.39. The molecular formula is C27H21ClN2O5. The number of ether oxygens (including phenoxy) is 1. The molecule has 0 saturated carbocycles. The molecule has 8 heteroatoms. The third-order valence-corrected chi connectivity index (χ3v) is 6.57. The lowest BCUT2D eigenvalue weighted by Crippen LogP contribution is -2.34. The van der Waals surface area contributed by atoms with Crippen LogP contribution in [-0.4, -0.2) is 30.3 Å². The Kier molecular flexibility index (Phi) is 6.09. The van der Waals surface area contributed by atoms with Gasteiger partial charge in [0.15, 0.2) is 6.61 Å². The molecule has 0 bridgehead atoms. The number of benzene rings is 3. The van der Waals surface area contributed by atoms with Crippen molar-refractivity contribution in [2.24, 2.45) is 0 Å². The van der Waals surface area contributed by atoms with Crippen LogP contribution in [0.5, 0.6) is 0 Å². The molecule has 1 aliphatic carbocycles. The molecule has 0 spiro atoms. The van der Waals surface area contributed by atoms with Crippen LogP contribution in [0.25, 0.3) is 0 Å². The Hall–Kier alpha value is -3.97. The van der Waals surface area contributed by atoms with Crippen molar-refractivity contribution in [3.63, 3.8) is 0 Å². The summed E-state index contributed by atoms with van der Waals surface area (Å²) in [6, 6.07) is 18.5. The molecule has 2 aliphatic rings. The molecule has 3 aromatic rings. The van der Waals surface area contributed by atoms with E-state index in [0.29, 0.717) is 0 Å². The number of nitrogens with one attached hydrogen (secondary N) is 1. The van der Waals surface area contributed by atoms with Crippen molar-refractivity contribution in [3.05, 3.63) is 99.6 Å². The average molecular weight is 489 g/mol. The van der Waals surface area contributed by atoms with E-state index >= 15 is 0 Å². The average Bonchev–Trinajstić information content (AvgIpc) is 3.12. The van der Waals surface area contributed by atoms with Gasteiger partial charge in [-0.3, -0.25) is 14.4 Å². The van der Waals surface area contributed by atoms with Crippen LogP contribution < -0.4 is 10.2 Å². The third kappa shape index (κ3) is 4.31. The Bertz CT molecular complexity index is 1370. The summed E-state index contributed by atoms with van der Waals surface area (Å²) < 4.78 is 5.19. The number of anilines is 1. The van der Waals surface area contributed by atoms with E-state index in [9.17, 15) is 19.2 Å². The maximum atomic E-state index is 13.0. The van der Waals surface area contributed by atoms with Crippen molar-refractivity contribution in [3.8, 4) is 0 Å². The van der Waals surface area contributed by atoms with Crippen molar-refractivity contribution in [2.45, 2.75) is 25.3 Å². The van der Waals surface area contributed by atoms with E-state index in [4.69, 9.17) is 16.3 Å². The number of imide groups is 1. The van der Waals surface area contributed by atoms with Gasteiger partial charge in [-0.25, -0.2) is 9.69 Å². The number of carbonyl (C=O) groups excluding carboxylic acids is 4. The van der Waals surface area contributed by atoms with Crippen LogP contribution in [-0.2, 0) is 16.0 Å². The highest BCUT2D eigenvalue weighted by atomic mass is 35.5. The van der Waals surface area contributed by atoms with Gasteiger partial charge in [-0.2, -0.15) is 0 Å². The zero-order valence-corrected chi connectivity index (χ0v) is 19.4. The molecule has 3 aromatic carbocycles. The molecule has 0 radical (unpaired) electrons. The molecule has 176 valence electrons. The van der Waals surface area contributed by atoms with Crippen LogP contribution in [0.4, 0.5) is 5.69 Å². The van der Waals surface area contributed by atoms with E-state index in [1.54, 1.807) is 24.3 Å². The highest BCUT2D eigenvalue weighted by Gasteiger charge is 2.38.